The summed E-state index contributed by atoms with van der Waals surface area (Å²) in [6, 6.07) is 13.6. The number of rotatable bonds is 9. The average Bonchev–Trinajstić information content (AvgIpc) is 3.36. The fraction of sp³-hybridized carbons (Fsp3) is 0.310. The molecule has 0 saturated heterocycles. The Morgan fingerprint density at radius 1 is 1.08 bits per heavy atom. The van der Waals surface area contributed by atoms with Crippen molar-refractivity contribution in [3.63, 3.8) is 0 Å². The molecule has 36 heavy (non-hydrogen) atoms. The number of aromatic amines is 1. The number of hydrogen-bond acceptors (Lipinski definition) is 4. The van der Waals surface area contributed by atoms with Crippen molar-refractivity contribution < 1.29 is 14.3 Å². The van der Waals surface area contributed by atoms with Crippen molar-refractivity contribution in [1.82, 2.24) is 15.2 Å². The number of hydrogen-bond donors (Lipinski definition) is 3. The molecular formula is C29H34N4O3. The summed E-state index contributed by atoms with van der Waals surface area (Å²) in [5, 5.41) is 6.02. The number of carbonyl (C=O) groups excluding carboxylic acids is 2. The van der Waals surface area contributed by atoms with Gasteiger partial charge in [-0.25, -0.2) is 0 Å². The molecule has 0 aliphatic carbocycles. The van der Waals surface area contributed by atoms with E-state index in [1.807, 2.05) is 62.4 Å². The Bertz CT molecular complexity index is 1300. The minimum Gasteiger partial charge on any atom is -0.497 e. The SMILES string of the molecule is CCN(CC)CCNC(=O)c1c(C)[nH]c(C=C2C(=O)Nc3cccc(-c4ccc(OC)cc4)c32)c1C. The van der Waals surface area contributed by atoms with Gasteiger partial charge in [0.1, 0.15) is 5.75 Å². The minimum absolute atomic E-state index is 0.103. The van der Waals surface area contributed by atoms with Crippen LogP contribution in [-0.4, -0.2) is 55.0 Å². The molecule has 0 fully saturated rings. The van der Waals surface area contributed by atoms with Gasteiger partial charge in [-0.1, -0.05) is 38.1 Å². The number of methoxy groups -OCH3 is 1. The summed E-state index contributed by atoms with van der Waals surface area (Å²) in [7, 11) is 1.64. The highest BCUT2D eigenvalue weighted by molar-refractivity contribution is 6.36. The second-order valence-corrected chi connectivity index (χ2v) is 8.92. The zero-order chi connectivity index (χ0) is 25.8. The summed E-state index contributed by atoms with van der Waals surface area (Å²) < 4.78 is 5.29. The lowest BCUT2D eigenvalue weighted by atomic mass is 9.94. The molecule has 2 aromatic carbocycles. The second-order valence-electron chi connectivity index (χ2n) is 8.92. The molecule has 7 nitrogen and oxygen atoms in total. The highest BCUT2D eigenvalue weighted by Gasteiger charge is 2.28. The van der Waals surface area contributed by atoms with Gasteiger partial charge < -0.3 is 25.3 Å². The molecule has 0 unspecified atom stereocenters. The number of carbonyl (C=O) groups is 2. The molecule has 1 aliphatic heterocycles. The van der Waals surface area contributed by atoms with E-state index >= 15 is 0 Å². The zero-order valence-corrected chi connectivity index (χ0v) is 21.6. The number of amides is 2. The lowest BCUT2D eigenvalue weighted by Gasteiger charge is -2.18. The molecule has 1 aromatic heterocycles. The first-order chi connectivity index (χ1) is 17.4. The number of anilines is 1. The van der Waals surface area contributed by atoms with Gasteiger partial charge in [-0.05, 0) is 67.9 Å². The first-order valence-electron chi connectivity index (χ1n) is 12.4. The van der Waals surface area contributed by atoms with E-state index in [9.17, 15) is 9.59 Å². The quantitative estimate of drug-likeness (QED) is 0.377. The van der Waals surface area contributed by atoms with Crippen molar-refractivity contribution in [2.45, 2.75) is 27.7 Å². The largest absolute Gasteiger partial charge is 0.497 e. The van der Waals surface area contributed by atoms with Crippen LogP contribution >= 0.6 is 0 Å². The molecule has 2 amide bonds. The third-order valence-corrected chi connectivity index (χ3v) is 6.83. The van der Waals surface area contributed by atoms with Gasteiger partial charge in [0.05, 0.1) is 18.2 Å². The summed E-state index contributed by atoms with van der Waals surface area (Å²) in [5.74, 6) is 0.507. The van der Waals surface area contributed by atoms with Gasteiger partial charge in [0.2, 0.25) is 0 Å². The van der Waals surface area contributed by atoms with Crippen LogP contribution in [0.25, 0.3) is 22.8 Å². The molecule has 0 spiro atoms. The average molecular weight is 487 g/mol. The van der Waals surface area contributed by atoms with E-state index in [1.165, 1.54) is 0 Å². The number of ether oxygens (including phenoxy) is 1. The lowest BCUT2D eigenvalue weighted by Crippen LogP contribution is -2.35. The van der Waals surface area contributed by atoms with Crippen molar-refractivity contribution >= 4 is 29.2 Å². The standard InChI is InChI=1S/C29H34N4O3/c1-6-33(7-2)16-15-30-29(35)26-18(3)25(31-19(26)4)17-23-27-22(9-8-10-24(27)32-28(23)34)20-11-13-21(36-5)14-12-20/h8-14,17,31H,6-7,15-16H2,1-5H3,(H,30,35)(H,32,34). The fourth-order valence-corrected chi connectivity index (χ4v) is 4.76. The third-order valence-electron chi connectivity index (χ3n) is 6.83. The minimum atomic E-state index is -0.164. The second kappa shape index (κ2) is 10.8. The van der Waals surface area contributed by atoms with Crippen molar-refractivity contribution in [2.75, 3.05) is 38.6 Å². The Labute approximate surface area is 212 Å². The van der Waals surface area contributed by atoms with Crippen molar-refractivity contribution in [2.24, 2.45) is 0 Å². The fourth-order valence-electron chi connectivity index (χ4n) is 4.76. The van der Waals surface area contributed by atoms with Gasteiger partial charge in [0, 0.05) is 35.7 Å². The topological polar surface area (TPSA) is 86.5 Å². The Hall–Kier alpha value is -3.84. The molecule has 0 atom stereocenters. The van der Waals surface area contributed by atoms with Crippen LogP contribution in [0, 0.1) is 13.8 Å². The van der Waals surface area contributed by atoms with E-state index in [2.05, 4.69) is 34.4 Å². The van der Waals surface area contributed by atoms with Crippen LogP contribution in [0.3, 0.4) is 0 Å². The van der Waals surface area contributed by atoms with Gasteiger partial charge >= 0.3 is 0 Å². The molecule has 0 bridgehead atoms. The maximum Gasteiger partial charge on any atom is 0.256 e. The van der Waals surface area contributed by atoms with Crippen LogP contribution in [0.4, 0.5) is 5.69 Å². The highest BCUT2D eigenvalue weighted by atomic mass is 16.5. The summed E-state index contributed by atoms with van der Waals surface area (Å²) in [4.78, 5) is 31.6. The predicted molar refractivity (Wildman–Crippen MR) is 145 cm³/mol. The number of benzene rings is 2. The Balaban J connectivity index is 1.66. The Morgan fingerprint density at radius 3 is 2.47 bits per heavy atom. The van der Waals surface area contributed by atoms with Crippen molar-refractivity contribution in [1.29, 1.82) is 0 Å². The molecular weight excluding hydrogens is 452 g/mol. The van der Waals surface area contributed by atoms with Crippen LogP contribution in [0.1, 0.15) is 46.7 Å². The van der Waals surface area contributed by atoms with Gasteiger partial charge in [-0.3, -0.25) is 9.59 Å². The lowest BCUT2D eigenvalue weighted by molar-refractivity contribution is -0.110. The van der Waals surface area contributed by atoms with Crippen molar-refractivity contribution in [3.05, 3.63) is 70.5 Å². The molecule has 1 aliphatic rings. The first-order valence-corrected chi connectivity index (χ1v) is 12.4. The molecule has 0 radical (unpaired) electrons. The van der Waals surface area contributed by atoms with Gasteiger partial charge in [0.25, 0.3) is 11.8 Å². The molecule has 188 valence electrons. The van der Waals surface area contributed by atoms with Crippen LogP contribution in [0.5, 0.6) is 5.75 Å². The number of likely N-dealkylation sites (N-methyl/N-ethyl adjacent to an activating group) is 1. The van der Waals surface area contributed by atoms with Crippen LogP contribution < -0.4 is 15.4 Å². The Morgan fingerprint density at radius 2 is 1.81 bits per heavy atom. The summed E-state index contributed by atoms with van der Waals surface area (Å²) in [6.07, 6.45) is 1.85. The van der Waals surface area contributed by atoms with E-state index in [0.717, 1.165) is 64.7 Å². The Kier molecular flexibility index (Phi) is 7.60. The molecule has 0 saturated carbocycles. The number of aryl methyl sites for hydroxylation is 1. The number of fused-ring (bicyclic) bond motifs is 1. The predicted octanol–water partition coefficient (Wildman–Crippen LogP) is 4.87. The van der Waals surface area contributed by atoms with E-state index in [4.69, 9.17) is 4.74 Å². The number of nitrogens with one attached hydrogen (secondary N) is 3. The van der Waals surface area contributed by atoms with Gasteiger partial charge in [-0.2, -0.15) is 0 Å². The van der Waals surface area contributed by atoms with E-state index in [0.29, 0.717) is 17.7 Å². The first kappa shape index (κ1) is 25.3. The summed E-state index contributed by atoms with van der Waals surface area (Å²) in [6.45, 7) is 11.3. The highest BCUT2D eigenvalue weighted by Crippen LogP contribution is 2.41. The third kappa shape index (κ3) is 4.93. The van der Waals surface area contributed by atoms with Gasteiger partial charge in [0.15, 0.2) is 0 Å². The molecule has 7 heteroatoms. The molecule has 3 N–H and O–H groups in total. The number of nitrogens with zero attached hydrogens (tertiary/aromatic N) is 1. The summed E-state index contributed by atoms with van der Waals surface area (Å²) >= 11 is 0. The normalized spacial score (nSPS) is 13.7. The smallest absolute Gasteiger partial charge is 0.256 e. The van der Waals surface area contributed by atoms with E-state index in [-0.39, 0.29) is 11.8 Å². The van der Waals surface area contributed by atoms with Crippen LogP contribution in [-0.2, 0) is 4.79 Å². The summed E-state index contributed by atoms with van der Waals surface area (Å²) in [5.41, 5.74) is 7.11. The molecule has 2 heterocycles. The maximum absolute atomic E-state index is 13.0. The van der Waals surface area contributed by atoms with E-state index in [1.54, 1.807) is 7.11 Å². The number of H-pyrrole nitrogens is 1. The van der Waals surface area contributed by atoms with E-state index < -0.39 is 0 Å². The van der Waals surface area contributed by atoms with Gasteiger partial charge in [-0.15, -0.1) is 0 Å². The van der Waals surface area contributed by atoms with Crippen LogP contribution in [0.2, 0.25) is 0 Å². The molecule has 3 aromatic rings. The monoisotopic (exact) mass is 486 g/mol. The maximum atomic E-state index is 13.0. The van der Waals surface area contributed by atoms with Crippen molar-refractivity contribution in [3.8, 4) is 16.9 Å². The van der Waals surface area contributed by atoms with Crippen LogP contribution in [0.15, 0.2) is 42.5 Å². The zero-order valence-electron chi connectivity index (χ0n) is 21.6. The molecule has 4 rings (SSSR count). The number of aromatic nitrogens is 1.